The summed E-state index contributed by atoms with van der Waals surface area (Å²) in [5.74, 6) is -2.03. The summed E-state index contributed by atoms with van der Waals surface area (Å²) in [7, 11) is 0. The van der Waals surface area contributed by atoms with E-state index in [1.807, 2.05) is 0 Å². The number of rotatable bonds is 9. The molecule has 0 bridgehead atoms. The number of aromatic hydroxyl groups is 1. The van der Waals surface area contributed by atoms with E-state index in [-0.39, 0.29) is 5.75 Å². The molecule has 14 atom stereocenters. The number of aliphatic hydroxyl groups is 7. The highest BCUT2D eigenvalue weighted by molar-refractivity contribution is 5.87. The van der Waals surface area contributed by atoms with Gasteiger partial charge in [-0.05, 0) is 42.3 Å². The van der Waals surface area contributed by atoms with Gasteiger partial charge in [-0.15, -0.1) is 0 Å². The van der Waals surface area contributed by atoms with E-state index >= 15 is 0 Å². The number of hydrogen-bond acceptors (Lipinski definition) is 15. The van der Waals surface area contributed by atoms with Crippen LogP contribution in [0.25, 0.3) is 6.08 Å². The van der Waals surface area contributed by atoms with Crippen LogP contribution in [-0.4, -0.2) is 134 Å². The first-order valence-electron chi connectivity index (χ1n) is 14.5. The fourth-order valence-corrected chi connectivity index (χ4v) is 5.81. The van der Waals surface area contributed by atoms with Crippen LogP contribution in [0.3, 0.4) is 0 Å². The number of esters is 1. The number of phenols is 1. The summed E-state index contributed by atoms with van der Waals surface area (Å²) in [5, 5.41) is 81.4. The molecule has 5 rings (SSSR count). The molecular weight excluding hydrogens is 600 g/mol. The normalized spacial score (nSPS) is 41.4. The van der Waals surface area contributed by atoms with Crippen LogP contribution in [0.1, 0.15) is 12.5 Å². The molecular formula is C30H38O15. The highest BCUT2D eigenvalue weighted by atomic mass is 16.8. The van der Waals surface area contributed by atoms with Gasteiger partial charge in [-0.1, -0.05) is 18.2 Å². The highest BCUT2D eigenvalue weighted by Crippen LogP contribution is 2.43. The zero-order valence-electron chi connectivity index (χ0n) is 24.1. The van der Waals surface area contributed by atoms with Crippen molar-refractivity contribution in [3.63, 3.8) is 0 Å². The van der Waals surface area contributed by atoms with Gasteiger partial charge in [-0.2, -0.15) is 0 Å². The minimum atomic E-state index is -1.68. The number of carbonyl (C=O) groups is 1. The fraction of sp³-hybridized carbons (Fsp3) is 0.567. The summed E-state index contributed by atoms with van der Waals surface area (Å²) in [6.07, 6.45) is -9.23. The summed E-state index contributed by atoms with van der Waals surface area (Å²) >= 11 is 0. The molecule has 0 spiro atoms. The third kappa shape index (κ3) is 7.08. The van der Waals surface area contributed by atoms with Crippen molar-refractivity contribution >= 4 is 12.0 Å². The van der Waals surface area contributed by atoms with Gasteiger partial charge in [0.2, 0.25) is 6.29 Å². The third-order valence-corrected chi connectivity index (χ3v) is 8.34. The topological polar surface area (TPSA) is 234 Å². The average molecular weight is 639 g/mol. The van der Waals surface area contributed by atoms with E-state index in [1.165, 1.54) is 31.4 Å². The average Bonchev–Trinajstić information content (AvgIpc) is 3.40. The molecule has 0 radical (unpaired) electrons. The summed E-state index contributed by atoms with van der Waals surface area (Å²) in [6.45, 7) is 0.427. The van der Waals surface area contributed by atoms with Crippen molar-refractivity contribution in [2.24, 2.45) is 11.8 Å². The molecule has 15 heteroatoms. The molecule has 0 amide bonds. The summed E-state index contributed by atoms with van der Waals surface area (Å²) in [4.78, 5) is 12.6. The van der Waals surface area contributed by atoms with Gasteiger partial charge in [-0.25, -0.2) is 4.79 Å². The molecule has 1 aromatic carbocycles. The number of benzene rings is 1. The van der Waals surface area contributed by atoms with Gasteiger partial charge < -0.3 is 69.3 Å². The van der Waals surface area contributed by atoms with Gasteiger partial charge in [0.1, 0.15) is 42.4 Å². The molecule has 1 aliphatic carbocycles. The molecule has 1 aromatic rings. The molecule has 0 saturated carbocycles. The van der Waals surface area contributed by atoms with Crippen molar-refractivity contribution < 1.29 is 74.1 Å². The Labute approximate surface area is 257 Å². The minimum absolute atomic E-state index is 0.0610. The summed E-state index contributed by atoms with van der Waals surface area (Å²) < 4.78 is 34.1. The van der Waals surface area contributed by atoms with Gasteiger partial charge in [0, 0.05) is 12.0 Å². The van der Waals surface area contributed by atoms with Crippen LogP contribution < -0.4 is 0 Å². The zero-order chi connectivity index (χ0) is 32.4. The van der Waals surface area contributed by atoms with Crippen LogP contribution in [0, 0.1) is 11.8 Å². The second-order valence-corrected chi connectivity index (χ2v) is 11.3. The fourth-order valence-electron chi connectivity index (χ4n) is 5.81. The number of carbonyl (C=O) groups excluding carboxylic acids is 1. The van der Waals surface area contributed by atoms with Gasteiger partial charge in [0.25, 0.3) is 0 Å². The Balaban J connectivity index is 1.26. The SMILES string of the molecule is C[C@H]1O[C@@H](O[C@H]2C=C(CO)[C@@H]3[C@H](O[C@@H]4O[C@@H](CO)[C@H](O)[C@@H](O)[C@@H]4O)OC=C[C@H]32)[C@H](O)[C@H](OC(=O)C=Cc2ccc(O)cc2)[C@H]1O. The summed E-state index contributed by atoms with van der Waals surface area (Å²) in [5.41, 5.74) is 1.03. The van der Waals surface area contributed by atoms with Gasteiger partial charge in [0.05, 0.1) is 37.6 Å². The van der Waals surface area contributed by atoms with Crippen molar-refractivity contribution in [2.45, 2.75) is 80.7 Å². The lowest BCUT2D eigenvalue weighted by Gasteiger charge is -2.43. The Morgan fingerprint density at radius 2 is 1.60 bits per heavy atom. The molecule has 248 valence electrons. The second-order valence-electron chi connectivity index (χ2n) is 11.3. The highest BCUT2D eigenvalue weighted by Gasteiger charge is 2.52. The molecule has 0 unspecified atom stereocenters. The van der Waals surface area contributed by atoms with E-state index in [9.17, 15) is 45.6 Å². The van der Waals surface area contributed by atoms with E-state index in [2.05, 4.69) is 0 Å². The maximum absolute atomic E-state index is 12.6. The Hall–Kier alpha value is -2.93. The van der Waals surface area contributed by atoms with Gasteiger partial charge in [0.15, 0.2) is 18.7 Å². The number of hydrogen-bond donors (Lipinski definition) is 8. The van der Waals surface area contributed by atoms with Crippen molar-refractivity contribution in [3.8, 4) is 5.75 Å². The zero-order valence-corrected chi connectivity index (χ0v) is 24.1. The Morgan fingerprint density at radius 3 is 2.29 bits per heavy atom. The van der Waals surface area contributed by atoms with E-state index in [0.717, 1.165) is 6.08 Å². The number of ether oxygens (including phenoxy) is 6. The lowest BCUT2D eigenvalue weighted by Crippen LogP contribution is -2.60. The maximum atomic E-state index is 12.6. The smallest absolute Gasteiger partial charge is 0.331 e. The Kier molecular flexibility index (Phi) is 10.6. The van der Waals surface area contributed by atoms with Crippen LogP contribution in [0.5, 0.6) is 5.75 Å². The molecule has 4 aliphatic rings. The predicted octanol–water partition coefficient (Wildman–Crippen LogP) is -1.98. The lowest BCUT2D eigenvalue weighted by molar-refractivity contribution is -0.341. The lowest BCUT2D eigenvalue weighted by atomic mass is 9.88. The maximum Gasteiger partial charge on any atom is 0.331 e. The number of aliphatic hydroxyl groups excluding tert-OH is 7. The Bertz CT molecular complexity index is 1250. The molecule has 2 fully saturated rings. The molecule has 15 nitrogen and oxygen atoms in total. The monoisotopic (exact) mass is 638 g/mol. The van der Waals surface area contributed by atoms with Crippen LogP contribution in [0.4, 0.5) is 0 Å². The van der Waals surface area contributed by atoms with Crippen molar-refractivity contribution in [1.82, 2.24) is 0 Å². The first kappa shape index (κ1) is 33.4. The largest absolute Gasteiger partial charge is 0.508 e. The molecule has 8 N–H and O–H groups in total. The molecule has 45 heavy (non-hydrogen) atoms. The van der Waals surface area contributed by atoms with Crippen molar-refractivity contribution in [1.29, 1.82) is 0 Å². The molecule has 3 aliphatic heterocycles. The first-order valence-corrected chi connectivity index (χ1v) is 14.5. The summed E-state index contributed by atoms with van der Waals surface area (Å²) in [6, 6.07) is 6.05. The predicted molar refractivity (Wildman–Crippen MR) is 149 cm³/mol. The minimum Gasteiger partial charge on any atom is -0.508 e. The van der Waals surface area contributed by atoms with Crippen LogP contribution >= 0.6 is 0 Å². The van der Waals surface area contributed by atoms with Crippen molar-refractivity contribution in [3.05, 3.63) is 59.9 Å². The quantitative estimate of drug-likeness (QED) is 0.0832. The van der Waals surface area contributed by atoms with Gasteiger partial charge in [-0.3, -0.25) is 0 Å². The van der Waals surface area contributed by atoms with Crippen LogP contribution in [0.2, 0.25) is 0 Å². The number of fused-ring (bicyclic) bond motifs is 1. The van der Waals surface area contributed by atoms with Crippen LogP contribution in [0.15, 0.2) is 54.3 Å². The molecule has 2 saturated heterocycles. The van der Waals surface area contributed by atoms with Gasteiger partial charge >= 0.3 is 5.97 Å². The second kappa shape index (κ2) is 14.2. The van der Waals surface area contributed by atoms with E-state index in [4.69, 9.17) is 28.4 Å². The van der Waals surface area contributed by atoms with Crippen molar-refractivity contribution in [2.75, 3.05) is 13.2 Å². The molecule has 0 aromatic heterocycles. The van der Waals surface area contributed by atoms with Crippen LogP contribution in [-0.2, 0) is 33.2 Å². The number of phenolic OH excluding ortho intramolecular Hbond substituents is 1. The van der Waals surface area contributed by atoms with E-state index < -0.39 is 105 Å². The van der Waals surface area contributed by atoms with E-state index in [0.29, 0.717) is 11.1 Å². The first-order chi connectivity index (χ1) is 21.5. The third-order valence-electron chi connectivity index (χ3n) is 8.34. The standard InChI is InChI=1S/C30H38O15/c1-13-22(35)27(44-20(34)7-4-14-2-5-16(33)6-3-14)26(39)30(41-13)42-18-10-15(11-31)21-17(18)8-9-40-28(21)45-29-25(38)24(37)23(36)19(12-32)43-29/h2-10,13,17-19,21-33,35-39H,11-12H2,1H3/t13-,17+,18+,19+,21+,22+,23+,24-,25+,26-,27-,28+,29+,30+/m1/s1. The van der Waals surface area contributed by atoms with E-state index in [1.54, 1.807) is 24.3 Å². The Morgan fingerprint density at radius 1 is 0.889 bits per heavy atom. The molecule has 3 heterocycles.